The number of nitrogens with zero attached hydrogens (tertiary/aromatic N) is 2. The predicted molar refractivity (Wildman–Crippen MR) is 130 cm³/mol. The molecule has 0 radical (unpaired) electrons. The van der Waals surface area contributed by atoms with Crippen molar-refractivity contribution in [3.8, 4) is 0 Å². The lowest BCUT2D eigenvalue weighted by molar-refractivity contribution is -0.153. The lowest BCUT2D eigenvalue weighted by Crippen LogP contribution is -2.62. The van der Waals surface area contributed by atoms with E-state index in [0.717, 1.165) is 69.4 Å². The number of hydrogen-bond donors (Lipinski definition) is 5. The predicted octanol–water partition coefficient (Wildman–Crippen LogP) is 1.67. The topological polar surface area (TPSA) is 144 Å². The van der Waals surface area contributed by atoms with Crippen molar-refractivity contribution in [2.75, 3.05) is 31.5 Å². The number of hydrogen-bond acceptors (Lipinski definition) is 6. The summed E-state index contributed by atoms with van der Waals surface area (Å²) in [5.74, 6) is -0.757. The van der Waals surface area contributed by atoms with Gasteiger partial charge in [-0.05, 0) is 63.0 Å². The molecule has 1 atom stereocenters. The van der Waals surface area contributed by atoms with Crippen LogP contribution < -0.4 is 16.0 Å². The second-order valence-corrected chi connectivity index (χ2v) is 10.0. The lowest BCUT2D eigenvalue weighted by Gasteiger charge is -2.41. The van der Waals surface area contributed by atoms with Crippen LogP contribution in [0.1, 0.15) is 62.6 Å². The number of amides is 3. The number of aliphatic carboxylic acids is 1. The molecule has 3 aliphatic rings. The Morgan fingerprint density at radius 1 is 1.17 bits per heavy atom. The van der Waals surface area contributed by atoms with E-state index in [1.54, 1.807) is 4.90 Å². The van der Waals surface area contributed by atoms with Gasteiger partial charge in [0, 0.05) is 37.8 Å². The molecule has 192 valence electrons. The number of aryl methyl sites for hydroxylation is 2. The van der Waals surface area contributed by atoms with Crippen LogP contribution in [0.25, 0.3) is 0 Å². The van der Waals surface area contributed by atoms with E-state index in [0.29, 0.717) is 6.54 Å². The SMILES string of the molecule is O=C(NC(C(=O)O)C1(O)CCN(C(=O)NCCCc2ccc3c(n2)NCCC3)CC1)C1CCCC1. The van der Waals surface area contributed by atoms with Gasteiger partial charge in [0.05, 0.1) is 5.60 Å². The fraction of sp³-hybridized carbons (Fsp3) is 0.680. The highest BCUT2D eigenvalue weighted by molar-refractivity contribution is 5.86. The molecule has 10 heteroatoms. The zero-order chi connectivity index (χ0) is 24.8. The number of fused-ring (bicyclic) bond motifs is 1. The van der Waals surface area contributed by atoms with Gasteiger partial charge < -0.3 is 31.1 Å². The Balaban J connectivity index is 1.21. The number of carbonyl (C=O) groups excluding carboxylic acids is 2. The number of nitrogens with one attached hydrogen (secondary N) is 3. The minimum Gasteiger partial charge on any atom is -0.480 e. The molecule has 4 rings (SSSR count). The lowest BCUT2D eigenvalue weighted by atomic mass is 9.83. The summed E-state index contributed by atoms with van der Waals surface area (Å²) in [6.45, 7) is 1.90. The van der Waals surface area contributed by atoms with Crippen LogP contribution in [0.5, 0.6) is 0 Å². The van der Waals surface area contributed by atoms with Crippen molar-refractivity contribution in [1.29, 1.82) is 0 Å². The normalized spacial score (nSPS) is 20.4. The molecular weight excluding hydrogens is 450 g/mol. The molecule has 2 aliphatic heterocycles. The first-order chi connectivity index (χ1) is 16.9. The Morgan fingerprint density at radius 2 is 1.91 bits per heavy atom. The van der Waals surface area contributed by atoms with Crippen LogP contribution >= 0.6 is 0 Å². The van der Waals surface area contributed by atoms with Crippen molar-refractivity contribution in [2.45, 2.75) is 75.9 Å². The molecule has 35 heavy (non-hydrogen) atoms. The Morgan fingerprint density at radius 3 is 2.63 bits per heavy atom. The molecule has 1 unspecified atom stereocenters. The quantitative estimate of drug-likeness (QED) is 0.351. The van der Waals surface area contributed by atoms with Gasteiger partial charge in [-0.25, -0.2) is 14.6 Å². The molecule has 2 fully saturated rings. The molecule has 1 aromatic heterocycles. The van der Waals surface area contributed by atoms with Crippen LogP contribution in [0, 0.1) is 5.92 Å². The highest BCUT2D eigenvalue weighted by Crippen LogP contribution is 2.29. The maximum absolute atomic E-state index is 12.6. The molecule has 3 heterocycles. The molecule has 1 saturated heterocycles. The summed E-state index contributed by atoms with van der Waals surface area (Å²) in [4.78, 5) is 43.2. The van der Waals surface area contributed by atoms with Gasteiger partial charge in [0.25, 0.3) is 0 Å². The van der Waals surface area contributed by atoms with Crippen LogP contribution in [-0.4, -0.2) is 75.8 Å². The second kappa shape index (κ2) is 11.2. The number of likely N-dealkylation sites (tertiary alicyclic amines) is 1. The van der Waals surface area contributed by atoms with Gasteiger partial charge in [-0.3, -0.25) is 4.79 Å². The minimum absolute atomic E-state index is 0.0916. The van der Waals surface area contributed by atoms with Gasteiger partial charge in [0.2, 0.25) is 5.91 Å². The van der Waals surface area contributed by atoms with E-state index in [1.807, 2.05) is 6.07 Å². The Labute approximate surface area is 205 Å². The van der Waals surface area contributed by atoms with Crippen LogP contribution in [0.15, 0.2) is 12.1 Å². The number of piperidine rings is 1. The number of pyridine rings is 1. The summed E-state index contributed by atoms with van der Waals surface area (Å²) in [6, 6.07) is 2.56. The van der Waals surface area contributed by atoms with Crippen LogP contribution in [-0.2, 0) is 22.4 Å². The summed E-state index contributed by atoms with van der Waals surface area (Å²) in [7, 11) is 0. The average molecular weight is 488 g/mol. The van der Waals surface area contributed by atoms with E-state index in [1.165, 1.54) is 5.56 Å². The maximum Gasteiger partial charge on any atom is 0.329 e. The zero-order valence-electron chi connectivity index (χ0n) is 20.2. The standard InChI is InChI=1S/C25H37N5O5/c31-22(18-5-1-2-6-18)29-20(23(32)33)25(35)11-15-30(16-12-25)24(34)27-14-4-8-19-10-9-17-7-3-13-26-21(17)28-19/h9-10,18,20,35H,1-8,11-16H2,(H,26,28)(H,27,34)(H,29,31)(H,32,33). The molecule has 0 bridgehead atoms. The maximum atomic E-state index is 12.6. The molecule has 10 nitrogen and oxygen atoms in total. The highest BCUT2D eigenvalue weighted by Gasteiger charge is 2.46. The van der Waals surface area contributed by atoms with Gasteiger partial charge in [0.15, 0.2) is 6.04 Å². The Hall–Kier alpha value is -2.88. The fourth-order valence-electron chi connectivity index (χ4n) is 5.34. The molecule has 0 spiro atoms. The second-order valence-electron chi connectivity index (χ2n) is 10.0. The van der Waals surface area contributed by atoms with Gasteiger partial charge >= 0.3 is 12.0 Å². The van der Waals surface area contributed by atoms with Crippen LogP contribution in [0.2, 0.25) is 0 Å². The number of carbonyl (C=O) groups is 3. The van der Waals surface area contributed by atoms with Gasteiger partial charge in [-0.1, -0.05) is 18.9 Å². The van der Waals surface area contributed by atoms with Gasteiger partial charge in [-0.15, -0.1) is 0 Å². The smallest absolute Gasteiger partial charge is 0.329 e. The fourth-order valence-corrected chi connectivity index (χ4v) is 5.34. The summed E-state index contributed by atoms with van der Waals surface area (Å²) >= 11 is 0. The van der Waals surface area contributed by atoms with Gasteiger partial charge in [-0.2, -0.15) is 0 Å². The zero-order valence-corrected chi connectivity index (χ0v) is 20.2. The average Bonchev–Trinajstić information content (AvgIpc) is 3.40. The van der Waals surface area contributed by atoms with Crippen molar-refractivity contribution in [3.05, 3.63) is 23.4 Å². The third kappa shape index (κ3) is 6.22. The molecule has 1 saturated carbocycles. The number of carboxylic acid groups (broad SMARTS) is 1. The first kappa shape index (κ1) is 25.2. The van der Waals surface area contributed by atoms with Crippen molar-refractivity contribution < 1.29 is 24.6 Å². The van der Waals surface area contributed by atoms with Crippen molar-refractivity contribution in [3.63, 3.8) is 0 Å². The van der Waals surface area contributed by atoms with E-state index >= 15 is 0 Å². The molecule has 3 amide bonds. The third-order valence-electron chi connectivity index (χ3n) is 7.55. The van der Waals surface area contributed by atoms with Crippen molar-refractivity contribution in [1.82, 2.24) is 20.5 Å². The molecule has 1 aromatic rings. The number of rotatable bonds is 8. The Kier molecular flexibility index (Phi) is 8.10. The number of aromatic nitrogens is 1. The van der Waals surface area contributed by atoms with Crippen LogP contribution in [0.4, 0.5) is 10.6 Å². The number of anilines is 1. The summed E-state index contributed by atoms with van der Waals surface area (Å²) in [5, 5.41) is 29.5. The molecule has 0 aromatic carbocycles. The monoisotopic (exact) mass is 487 g/mol. The van der Waals surface area contributed by atoms with E-state index in [2.05, 4.69) is 27.0 Å². The van der Waals surface area contributed by atoms with E-state index in [-0.39, 0.29) is 43.8 Å². The molecule has 1 aliphatic carbocycles. The number of urea groups is 1. The molecular formula is C25H37N5O5. The van der Waals surface area contributed by atoms with Crippen molar-refractivity contribution >= 4 is 23.7 Å². The number of aliphatic hydroxyl groups is 1. The largest absolute Gasteiger partial charge is 0.480 e. The summed E-state index contributed by atoms with van der Waals surface area (Å²) in [6.07, 6.45) is 7.31. The van der Waals surface area contributed by atoms with E-state index in [9.17, 15) is 24.6 Å². The summed E-state index contributed by atoms with van der Waals surface area (Å²) in [5.41, 5.74) is 0.666. The van der Waals surface area contributed by atoms with E-state index < -0.39 is 17.6 Å². The third-order valence-corrected chi connectivity index (χ3v) is 7.55. The van der Waals surface area contributed by atoms with E-state index in [4.69, 9.17) is 0 Å². The summed E-state index contributed by atoms with van der Waals surface area (Å²) < 4.78 is 0. The molecule has 5 N–H and O–H groups in total. The van der Waals surface area contributed by atoms with Crippen molar-refractivity contribution in [2.24, 2.45) is 5.92 Å². The first-order valence-electron chi connectivity index (χ1n) is 12.9. The Bertz CT molecular complexity index is 925. The van der Waals surface area contributed by atoms with Gasteiger partial charge in [0.1, 0.15) is 5.82 Å². The van der Waals surface area contributed by atoms with Crippen LogP contribution in [0.3, 0.4) is 0 Å². The highest BCUT2D eigenvalue weighted by atomic mass is 16.4. The minimum atomic E-state index is -1.58. The first-order valence-corrected chi connectivity index (χ1v) is 12.9. The number of carboxylic acids is 1.